The van der Waals surface area contributed by atoms with Crippen molar-refractivity contribution in [2.24, 2.45) is 0 Å². The standard InChI is InChI=1S/C18H18FN3O3S2/c19-17-13-6-12(20-8-11-4-2-1-3-5-11)10-26-15(13)7-14(23)18(17)22-9-16(24)21-27(22)25/h1-5,7,12,20,23H,6,8-10H2,(H,21,24). The van der Waals surface area contributed by atoms with E-state index >= 15 is 4.39 Å². The molecule has 0 bridgehead atoms. The Bertz CT molecular complexity index is 910. The zero-order valence-electron chi connectivity index (χ0n) is 14.3. The smallest absolute Gasteiger partial charge is 0.253 e. The molecule has 27 heavy (non-hydrogen) atoms. The molecule has 0 spiro atoms. The molecule has 2 aliphatic rings. The van der Waals surface area contributed by atoms with Crippen molar-refractivity contribution in [1.82, 2.24) is 10.0 Å². The Morgan fingerprint density at radius 2 is 2.15 bits per heavy atom. The summed E-state index contributed by atoms with van der Waals surface area (Å²) in [5.74, 6) is -0.636. The maximum atomic E-state index is 15.2. The number of nitrogens with zero attached hydrogens (tertiary/aromatic N) is 1. The van der Waals surface area contributed by atoms with Crippen LogP contribution >= 0.6 is 11.8 Å². The van der Waals surface area contributed by atoms with Gasteiger partial charge in [-0.15, -0.1) is 11.8 Å². The molecule has 2 aliphatic heterocycles. The quantitative estimate of drug-likeness (QED) is 0.721. The third-order valence-electron chi connectivity index (χ3n) is 4.55. The number of phenols is 1. The van der Waals surface area contributed by atoms with Crippen LogP contribution in [-0.2, 0) is 28.9 Å². The molecule has 3 N–H and O–H groups in total. The van der Waals surface area contributed by atoms with E-state index in [9.17, 15) is 14.1 Å². The normalized spacial score (nSPS) is 21.8. The van der Waals surface area contributed by atoms with Crippen LogP contribution in [0.2, 0.25) is 0 Å². The Kier molecular flexibility index (Phi) is 5.07. The summed E-state index contributed by atoms with van der Waals surface area (Å²) >= 11 is -0.415. The predicted molar refractivity (Wildman–Crippen MR) is 103 cm³/mol. The van der Waals surface area contributed by atoms with Gasteiger partial charge in [-0.05, 0) is 18.1 Å². The molecule has 142 valence electrons. The molecule has 1 fully saturated rings. The fraction of sp³-hybridized carbons (Fsp3) is 0.278. The first-order valence-corrected chi connectivity index (χ1v) is 10.6. The Balaban J connectivity index is 1.56. The number of carbonyl (C=O) groups excluding carboxylic acids is 1. The molecule has 9 heteroatoms. The lowest BCUT2D eigenvalue weighted by Crippen LogP contribution is -2.35. The first kappa shape index (κ1) is 18.3. The second-order valence-corrected chi connectivity index (χ2v) is 8.63. The molecular weight excluding hydrogens is 389 g/mol. The molecule has 0 radical (unpaired) electrons. The van der Waals surface area contributed by atoms with Gasteiger partial charge in [-0.25, -0.2) is 8.60 Å². The van der Waals surface area contributed by atoms with Crippen LogP contribution in [0.3, 0.4) is 0 Å². The molecule has 2 unspecified atom stereocenters. The zero-order valence-corrected chi connectivity index (χ0v) is 15.9. The maximum absolute atomic E-state index is 15.2. The second-order valence-electron chi connectivity index (χ2n) is 6.42. The molecule has 2 heterocycles. The summed E-state index contributed by atoms with van der Waals surface area (Å²) in [6.45, 7) is 0.432. The van der Waals surface area contributed by atoms with Gasteiger partial charge in [0.1, 0.15) is 18.0 Å². The van der Waals surface area contributed by atoms with Crippen molar-refractivity contribution < 1.29 is 18.5 Å². The summed E-state index contributed by atoms with van der Waals surface area (Å²) in [6, 6.07) is 11.5. The van der Waals surface area contributed by atoms with E-state index in [1.807, 2.05) is 30.3 Å². The summed E-state index contributed by atoms with van der Waals surface area (Å²) in [6.07, 6.45) is 0.454. The number of amides is 1. The van der Waals surface area contributed by atoms with Gasteiger partial charge in [0.2, 0.25) is 11.2 Å². The highest BCUT2D eigenvalue weighted by molar-refractivity contribution is 7.99. The number of phenolic OH excluding ortho intramolecular Hbond substituents is 1. The topological polar surface area (TPSA) is 81.7 Å². The molecule has 4 rings (SSSR count). The fourth-order valence-electron chi connectivity index (χ4n) is 3.22. The first-order chi connectivity index (χ1) is 13.0. The number of halogens is 1. The number of anilines is 1. The average molecular weight is 407 g/mol. The monoisotopic (exact) mass is 407 g/mol. The van der Waals surface area contributed by atoms with E-state index in [1.54, 1.807) is 0 Å². The Labute approximate surface area is 162 Å². The summed E-state index contributed by atoms with van der Waals surface area (Å²) in [5, 5.41) is 13.7. The van der Waals surface area contributed by atoms with Crippen molar-refractivity contribution in [3.8, 4) is 5.75 Å². The fourth-order valence-corrected chi connectivity index (χ4v) is 5.32. The van der Waals surface area contributed by atoms with Gasteiger partial charge in [0.25, 0.3) is 5.91 Å². The van der Waals surface area contributed by atoms with E-state index in [4.69, 9.17) is 0 Å². The van der Waals surface area contributed by atoms with Crippen LogP contribution in [0.1, 0.15) is 11.1 Å². The summed E-state index contributed by atoms with van der Waals surface area (Å²) < 4.78 is 30.4. The van der Waals surface area contributed by atoms with Gasteiger partial charge in [-0.3, -0.25) is 13.8 Å². The molecule has 2 atom stereocenters. The Hall–Kier alpha value is -2.10. The minimum Gasteiger partial charge on any atom is -0.506 e. The third-order valence-corrected chi connectivity index (χ3v) is 6.91. The van der Waals surface area contributed by atoms with E-state index in [0.29, 0.717) is 23.4 Å². The number of nitrogens with one attached hydrogen (secondary N) is 2. The summed E-state index contributed by atoms with van der Waals surface area (Å²) in [4.78, 5) is 12.1. The molecular formula is C18H18FN3O3S2. The first-order valence-electron chi connectivity index (χ1n) is 8.46. The molecule has 2 aromatic carbocycles. The van der Waals surface area contributed by atoms with E-state index in [-0.39, 0.29) is 24.0 Å². The number of hydrogen-bond acceptors (Lipinski definition) is 5. The van der Waals surface area contributed by atoms with Crippen molar-refractivity contribution in [2.75, 3.05) is 16.6 Å². The lowest BCUT2D eigenvalue weighted by Gasteiger charge is -2.28. The van der Waals surface area contributed by atoms with E-state index in [0.717, 1.165) is 15.6 Å². The van der Waals surface area contributed by atoms with Crippen LogP contribution in [0, 0.1) is 5.82 Å². The molecule has 0 aromatic heterocycles. The maximum Gasteiger partial charge on any atom is 0.253 e. The van der Waals surface area contributed by atoms with Gasteiger partial charge in [0.15, 0.2) is 5.82 Å². The Morgan fingerprint density at radius 3 is 2.85 bits per heavy atom. The number of hydrogen-bond donors (Lipinski definition) is 3. The van der Waals surface area contributed by atoms with Gasteiger partial charge in [-0.1, -0.05) is 30.3 Å². The highest BCUT2D eigenvalue weighted by Crippen LogP contribution is 2.42. The third kappa shape index (κ3) is 3.67. The number of thioether (sulfide) groups is 1. The molecule has 6 nitrogen and oxygen atoms in total. The molecule has 0 aliphatic carbocycles. The van der Waals surface area contributed by atoms with Crippen LogP contribution in [0.4, 0.5) is 10.1 Å². The van der Waals surface area contributed by atoms with Gasteiger partial charge in [-0.2, -0.15) is 0 Å². The molecule has 1 amide bonds. The number of carbonyl (C=O) groups is 1. The van der Waals surface area contributed by atoms with E-state index in [1.165, 1.54) is 17.8 Å². The largest absolute Gasteiger partial charge is 0.506 e. The van der Waals surface area contributed by atoms with Gasteiger partial charge in [0, 0.05) is 28.8 Å². The SMILES string of the molecule is O=C1CN(c2c(O)cc3c(c2F)CC(NCc2ccccc2)CS3)S(=O)N1. The minimum atomic E-state index is -1.89. The summed E-state index contributed by atoms with van der Waals surface area (Å²) in [5.41, 5.74) is 1.44. The number of fused-ring (bicyclic) bond motifs is 1. The van der Waals surface area contributed by atoms with E-state index in [2.05, 4.69) is 10.0 Å². The lowest BCUT2D eigenvalue weighted by molar-refractivity contribution is -0.117. The molecule has 2 aromatic rings. The van der Waals surface area contributed by atoms with Crippen LogP contribution in [0.5, 0.6) is 5.75 Å². The number of rotatable bonds is 4. The van der Waals surface area contributed by atoms with Crippen LogP contribution in [0.25, 0.3) is 0 Å². The van der Waals surface area contributed by atoms with Gasteiger partial charge < -0.3 is 10.4 Å². The zero-order chi connectivity index (χ0) is 19.0. The van der Waals surface area contributed by atoms with Crippen LogP contribution in [-0.4, -0.2) is 33.6 Å². The minimum absolute atomic E-state index is 0.0680. The lowest BCUT2D eigenvalue weighted by atomic mass is 10.0. The Morgan fingerprint density at radius 1 is 1.37 bits per heavy atom. The van der Waals surface area contributed by atoms with Crippen LogP contribution in [0.15, 0.2) is 41.3 Å². The van der Waals surface area contributed by atoms with Crippen molar-refractivity contribution in [2.45, 2.75) is 23.9 Å². The summed E-state index contributed by atoms with van der Waals surface area (Å²) in [7, 11) is 0. The predicted octanol–water partition coefficient (Wildman–Crippen LogP) is 1.85. The van der Waals surface area contributed by atoms with Crippen molar-refractivity contribution in [1.29, 1.82) is 0 Å². The van der Waals surface area contributed by atoms with Crippen molar-refractivity contribution >= 4 is 34.5 Å². The van der Waals surface area contributed by atoms with Crippen molar-refractivity contribution in [3.63, 3.8) is 0 Å². The highest BCUT2D eigenvalue weighted by atomic mass is 32.2. The number of aromatic hydroxyl groups is 1. The van der Waals surface area contributed by atoms with Gasteiger partial charge in [0.05, 0.1) is 0 Å². The number of benzene rings is 2. The average Bonchev–Trinajstić information content (AvgIpc) is 2.99. The van der Waals surface area contributed by atoms with Gasteiger partial charge >= 0.3 is 0 Å². The van der Waals surface area contributed by atoms with E-state index < -0.39 is 22.9 Å². The molecule has 0 saturated carbocycles. The highest BCUT2D eigenvalue weighted by Gasteiger charge is 2.34. The van der Waals surface area contributed by atoms with Crippen molar-refractivity contribution in [3.05, 3.63) is 53.3 Å². The molecule has 1 saturated heterocycles. The second kappa shape index (κ2) is 7.49. The van der Waals surface area contributed by atoms with Crippen LogP contribution < -0.4 is 14.3 Å².